The van der Waals surface area contributed by atoms with Gasteiger partial charge in [-0.05, 0) is 169 Å². The highest BCUT2D eigenvalue weighted by Crippen LogP contribution is 2.39. The van der Waals surface area contributed by atoms with Crippen molar-refractivity contribution in [2.75, 3.05) is 37.7 Å². The van der Waals surface area contributed by atoms with E-state index < -0.39 is 131 Å². The van der Waals surface area contributed by atoms with Crippen LogP contribution in [0.15, 0.2) is 61.2 Å². The summed E-state index contributed by atoms with van der Waals surface area (Å²) in [5.41, 5.74) is 7.79. The average Bonchev–Trinajstić information content (AvgIpc) is 1.68. The van der Waals surface area contributed by atoms with Crippen molar-refractivity contribution in [3.8, 4) is 0 Å². The lowest BCUT2D eigenvalue weighted by Crippen LogP contribution is -2.62. The Bertz CT molecular complexity index is 3470. The number of unbranched alkanes of at least 4 members (excludes halogenated alkanes) is 1. The van der Waals surface area contributed by atoms with E-state index in [2.05, 4.69) is 68.9 Å². The maximum absolute atomic E-state index is 15.3. The van der Waals surface area contributed by atoms with Gasteiger partial charge in [-0.25, -0.2) is 13.8 Å². The van der Waals surface area contributed by atoms with E-state index in [9.17, 15) is 43.4 Å². The lowest BCUT2D eigenvalue weighted by molar-refractivity contribution is -0.147. The van der Waals surface area contributed by atoms with Gasteiger partial charge in [0, 0.05) is 90.4 Å². The van der Waals surface area contributed by atoms with Crippen molar-refractivity contribution in [3.63, 3.8) is 0 Å². The van der Waals surface area contributed by atoms with Gasteiger partial charge >= 0.3 is 5.97 Å². The van der Waals surface area contributed by atoms with Crippen molar-refractivity contribution < 1.29 is 66.9 Å². The molecule has 0 spiro atoms. The SMILES string of the molecule is C[C@H]1NC(=O)[C@H](CCCCN)NC(=O)CCSCc2cccc(c2)CSCCNC(=O)[C@]2(C)CCCN2C(=O)[C@H](CC2CCC(O)CC2)NC(=O)[C@H](Cc2cnc[nH]2)NC(=O)[C@H](CC(=O)O)NC(=O)[C@H](CC2CNC3CCC(F)CC23)NC(=O)[C@H](Cc2c[nH]c3ccc(F)cc23)NC1=O. The number of amides is 9. The first-order valence-electron chi connectivity index (χ1n) is 34.7. The summed E-state index contributed by atoms with van der Waals surface area (Å²) in [6.07, 6.45) is 5.93. The summed E-state index contributed by atoms with van der Waals surface area (Å²) in [7, 11) is 0. The van der Waals surface area contributed by atoms with Gasteiger partial charge in [0.2, 0.25) is 53.2 Å². The number of aliphatic hydroxyl groups excluding tert-OH is 1. The normalized spacial score (nSPS) is 29.9. The molecule has 12 atom stereocenters. The number of nitrogens with two attached hydrogens (primary N) is 1. The van der Waals surface area contributed by atoms with Crippen molar-refractivity contribution in [1.82, 2.24) is 67.7 Å². The van der Waals surface area contributed by atoms with Gasteiger partial charge in [0.1, 0.15) is 59.8 Å². The Kier molecular flexibility index (Phi) is 27.5. The number of aromatic nitrogens is 3. The number of nitrogens with one attached hydrogen (secondary N) is 11. The lowest BCUT2D eigenvalue weighted by Gasteiger charge is -2.38. The topological polar surface area (TPSA) is 393 Å². The molecule has 540 valence electrons. The molecule has 2 aromatic heterocycles. The monoisotopic (exact) mass is 1410 g/mol. The van der Waals surface area contributed by atoms with Crippen LogP contribution in [0, 0.1) is 23.6 Å². The summed E-state index contributed by atoms with van der Waals surface area (Å²) in [6.45, 7) is 4.18. The van der Waals surface area contributed by atoms with Crippen LogP contribution in [-0.4, -0.2) is 193 Å². The van der Waals surface area contributed by atoms with Crippen LogP contribution in [0.2, 0.25) is 0 Å². The highest BCUT2D eigenvalue weighted by atomic mass is 32.2. The molecule has 99 heavy (non-hydrogen) atoms. The summed E-state index contributed by atoms with van der Waals surface area (Å²) < 4.78 is 30.2. The van der Waals surface area contributed by atoms with Crippen LogP contribution >= 0.6 is 23.5 Å². The number of carbonyl (C=O) groups excluding carboxylic acids is 9. The predicted molar refractivity (Wildman–Crippen MR) is 369 cm³/mol. The molecular weight excluding hydrogens is 1320 g/mol. The smallest absolute Gasteiger partial charge is 0.305 e. The summed E-state index contributed by atoms with van der Waals surface area (Å²) in [6, 6.07) is 1.53. The molecule has 2 saturated carbocycles. The number of fused-ring (bicyclic) bond motifs is 5. The third kappa shape index (κ3) is 21.2. The fourth-order valence-corrected chi connectivity index (χ4v) is 16.1. The Hall–Kier alpha value is -7.67. The van der Waals surface area contributed by atoms with Gasteiger partial charge < -0.3 is 78.7 Å². The lowest BCUT2D eigenvalue weighted by atomic mass is 9.77. The molecule has 5 heterocycles. The fourth-order valence-electron chi connectivity index (χ4n) is 14.4. The number of carbonyl (C=O) groups is 10. The number of halogens is 2. The number of nitrogens with zero attached hydrogens (tertiary/aromatic N) is 2. The van der Waals surface area contributed by atoms with Crippen molar-refractivity contribution >= 4 is 93.6 Å². The first-order valence-corrected chi connectivity index (χ1v) is 37.0. The van der Waals surface area contributed by atoms with E-state index in [1.54, 1.807) is 18.7 Å². The van der Waals surface area contributed by atoms with Gasteiger partial charge in [0.15, 0.2) is 0 Å². The summed E-state index contributed by atoms with van der Waals surface area (Å²) in [4.78, 5) is 156. The number of hydrogen-bond acceptors (Lipinski definition) is 16. The van der Waals surface area contributed by atoms with Crippen LogP contribution in [-0.2, 0) is 72.3 Å². The zero-order chi connectivity index (χ0) is 70.8. The standard InChI is InChI=1S/C69H96F2N14O12S2/c1-39-61(90)80-54(27-43-33-75-51-16-12-45(70)29-49(43)51)63(92)81-55(28-44-34-76-52-17-13-46(71)30-50(44)52)64(93)83-57(32-60(88)89)66(95)82-56(31-47-35-73-38-77-47)65(94)84-58(26-40-10-14-48(86)15-11-40)67(96)85-22-6-19-69(85,2)68(97)74-21-24-99-37-42-8-5-7-41(25-42)36-98-23-18-59(87)79-53(62(91)78-39)9-3-4-20-72/h5,7-8,12,16,25,29,33,35,38-40,44,46,48,50,52-58,75-76,86H,3-4,6,9-11,13-15,17-24,26-28,30-32,34,36-37,72H2,1-2H3,(H,73,77)(H,74,97)(H,78,91)(H,79,87)(H,80,90)(H,81,92)(H,82,95)(H,83,93)(H,84,94)(H,88,89)/t39-,40?,44?,46?,48?,50?,52?,53+,54+,55+,56+,57+,58+,69+/m1/s1. The van der Waals surface area contributed by atoms with Crippen molar-refractivity contribution in [2.24, 2.45) is 23.5 Å². The number of thioether (sulfide) groups is 2. The largest absolute Gasteiger partial charge is 0.481 e. The number of aliphatic carboxylic acids is 1. The Morgan fingerprint density at radius 3 is 2.15 bits per heavy atom. The number of H-pyrrole nitrogens is 2. The number of benzene rings is 2. The minimum atomic E-state index is -1.93. The molecule has 15 N–H and O–H groups in total. The first-order chi connectivity index (χ1) is 47.5. The Labute approximate surface area is 583 Å². The number of aromatic amines is 2. The number of carboxylic acids is 1. The van der Waals surface area contributed by atoms with E-state index >= 15 is 23.6 Å². The van der Waals surface area contributed by atoms with Crippen LogP contribution in [0.3, 0.4) is 0 Å². The molecule has 3 aliphatic heterocycles. The molecule has 4 fully saturated rings. The van der Waals surface area contributed by atoms with Crippen LogP contribution in [0.1, 0.15) is 139 Å². The molecule has 2 saturated heterocycles. The predicted octanol–water partition coefficient (Wildman–Crippen LogP) is 2.96. The van der Waals surface area contributed by atoms with Crippen molar-refractivity contribution in [1.29, 1.82) is 0 Å². The van der Waals surface area contributed by atoms with Crippen LogP contribution in [0.4, 0.5) is 8.78 Å². The van der Waals surface area contributed by atoms with E-state index in [1.807, 2.05) is 18.2 Å². The number of hydrogen-bond donors (Lipinski definition) is 14. The zero-order valence-electron chi connectivity index (χ0n) is 56.2. The number of carboxylic acid groups (broad SMARTS) is 1. The first kappa shape index (κ1) is 75.5. The molecular formula is C69H96F2N14O12S2. The Morgan fingerprint density at radius 1 is 0.747 bits per heavy atom. The summed E-state index contributed by atoms with van der Waals surface area (Å²) in [5.74, 6) is -7.73. The van der Waals surface area contributed by atoms with Crippen LogP contribution < -0.4 is 53.6 Å². The van der Waals surface area contributed by atoms with Crippen molar-refractivity contribution in [3.05, 3.63) is 89.4 Å². The van der Waals surface area contributed by atoms with Gasteiger partial charge in [-0.15, -0.1) is 0 Å². The average molecular weight is 1420 g/mol. The molecule has 26 nitrogen and oxygen atoms in total. The number of rotatable bonds is 14. The molecule has 4 aromatic rings. The second kappa shape index (κ2) is 36.1. The number of aliphatic hydroxyl groups is 1. The maximum atomic E-state index is 15.3. The van der Waals surface area contributed by atoms with Gasteiger partial charge in [0.25, 0.3) is 0 Å². The molecule has 2 aliphatic carbocycles. The second-order valence-corrected chi connectivity index (χ2v) is 29.5. The molecule has 2 bridgehead atoms. The molecule has 0 radical (unpaired) electrons. The molecule has 4 unspecified atom stereocenters. The molecule has 5 aliphatic rings. The van der Waals surface area contributed by atoms with E-state index in [0.29, 0.717) is 122 Å². The maximum Gasteiger partial charge on any atom is 0.305 e. The summed E-state index contributed by atoms with van der Waals surface area (Å²) >= 11 is 3.15. The van der Waals surface area contributed by atoms with E-state index in [4.69, 9.17) is 5.73 Å². The van der Waals surface area contributed by atoms with Crippen LogP contribution in [0.25, 0.3) is 10.9 Å². The second-order valence-electron chi connectivity index (χ2n) is 27.3. The summed E-state index contributed by atoms with van der Waals surface area (Å²) in [5, 5.41) is 46.7. The minimum Gasteiger partial charge on any atom is -0.481 e. The van der Waals surface area contributed by atoms with Gasteiger partial charge in [-0.2, -0.15) is 23.5 Å². The van der Waals surface area contributed by atoms with E-state index in [0.717, 1.165) is 11.1 Å². The molecule has 9 rings (SSSR count). The third-order valence-corrected chi connectivity index (χ3v) is 22.0. The number of alkyl halides is 1. The van der Waals surface area contributed by atoms with Crippen molar-refractivity contribution in [2.45, 2.75) is 207 Å². The number of imidazole rings is 1. The van der Waals surface area contributed by atoms with Gasteiger partial charge in [-0.3, -0.25) is 47.9 Å². The Balaban J connectivity index is 1.03. The Morgan fingerprint density at radius 2 is 1.42 bits per heavy atom. The quantitative estimate of drug-likeness (QED) is 0.0807. The van der Waals surface area contributed by atoms with Gasteiger partial charge in [-0.1, -0.05) is 24.3 Å². The van der Waals surface area contributed by atoms with Crippen LogP contribution in [0.5, 0.6) is 0 Å². The zero-order valence-corrected chi connectivity index (χ0v) is 57.8. The van der Waals surface area contributed by atoms with E-state index in [1.165, 1.54) is 60.5 Å². The minimum absolute atomic E-state index is 0.0694. The highest BCUT2D eigenvalue weighted by molar-refractivity contribution is 7.98. The fraction of sp³-hybridized carbons (Fsp3) is 0.609. The highest BCUT2D eigenvalue weighted by Gasteiger charge is 2.49. The molecule has 30 heteroatoms. The van der Waals surface area contributed by atoms with Gasteiger partial charge in [0.05, 0.1) is 18.9 Å². The third-order valence-electron chi connectivity index (χ3n) is 19.9. The molecule has 2 aromatic carbocycles. The van der Waals surface area contributed by atoms with E-state index in [-0.39, 0.29) is 81.8 Å². The molecule has 9 amide bonds.